The molecular weight excluding hydrogens is 242 g/mol. The zero-order valence-electron chi connectivity index (χ0n) is 10.5. The van der Waals surface area contributed by atoms with Gasteiger partial charge in [0.1, 0.15) is 9.84 Å². The summed E-state index contributed by atoms with van der Waals surface area (Å²) < 4.78 is 22.1. The normalized spacial score (nSPS) is 21.3. The predicted molar refractivity (Wildman–Crippen MR) is 65.7 cm³/mol. The van der Waals surface area contributed by atoms with Gasteiger partial charge in [0.25, 0.3) is 0 Å². The summed E-state index contributed by atoms with van der Waals surface area (Å²) in [5, 5.41) is 9.22. The summed E-state index contributed by atoms with van der Waals surface area (Å²) in [6.45, 7) is 3.77. The summed E-state index contributed by atoms with van der Waals surface area (Å²) in [6.07, 6.45) is 3.10. The molecule has 1 aliphatic rings. The van der Waals surface area contributed by atoms with Crippen LogP contribution in [0.25, 0.3) is 0 Å². The highest BCUT2D eigenvalue weighted by molar-refractivity contribution is 7.90. The quantitative estimate of drug-likeness (QED) is 0.786. The monoisotopic (exact) mass is 263 g/mol. The lowest BCUT2D eigenvalue weighted by atomic mass is 9.76. The minimum atomic E-state index is -2.93. The van der Waals surface area contributed by atoms with Crippen LogP contribution in [-0.2, 0) is 14.6 Å². The molecule has 100 valence electrons. The molecule has 17 heavy (non-hydrogen) atoms. The van der Waals surface area contributed by atoms with Gasteiger partial charge in [-0.05, 0) is 32.4 Å². The molecule has 0 amide bonds. The Morgan fingerprint density at radius 2 is 1.88 bits per heavy atom. The first-order valence-electron chi connectivity index (χ1n) is 5.92. The van der Waals surface area contributed by atoms with Crippen LogP contribution in [0.4, 0.5) is 0 Å². The lowest BCUT2D eigenvalue weighted by molar-refractivity contribution is -0.152. The van der Waals surface area contributed by atoms with Crippen LogP contribution in [0.1, 0.15) is 26.2 Å². The molecule has 0 spiro atoms. The van der Waals surface area contributed by atoms with E-state index in [0.29, 0.717) is 38.9 Å². The van der Waals surface area contributed by atoms with E-state index in [1.54, 1.807) is 0 Å². The van der Waals surface area contributed by atoms with E-state index in [9.17, 15) is 18.3 Å². The molecule has 1 rings (SSSR count). The third-order valence-electron chi connectivity index (χ3n) is 3.72. The molecule has 6 heteroatoms. The number of hydrogen-bond acceptors (Lipinski definition) is 4. The second kappa shape index (κ2) is 5.35. The van der Waals surface area contributed by atoms with Gasteiger partial charge in [0.2, 0.25) is 0 Å². The zero-order chi connectivity index (χ0) is 13.1. The molecule has 0 radical (unpaired) electrons. The number of carbonyl (C=O) groups is 1. The standard InChI is InChI=1S/C11H21NO4S/c1-3-11(10(13)14)4-6-12(7-5-11)8-9-17(2,15)16/h3-9H2,1-2H3,(H,13,14). The Labute approximate surface area is 103 Å². The van der Waals surface area contributed by atoms with Gasteiger partial charge in [0.05, 0.1) is 11.2 Å². The summed E-state index contributed by atoms with van der Waals surface area (Å²) in [5.41, 5.74) is -0.596. The van der Waals surface area contributed by atoms with Gasteiger partial charge in [-0.15, -0.1) is 0 Å². The van der Waals surface area contributed by atoms with E-state index < -0.39 is 21.2 Å². The maximum atomic E-state index is 11.2. The average molecular weight is 263 g/mol. The van der Waals surface area contributed by atoms with E-state index in [1.807, 2.05) is 11.8 Å². The number of hydrogen-bond donors (Lipinski definition) is 1. The highest BCUT2D eigenvalue weighted by Gasteiger charge is 2.39. The molecule has 0 aliphatic carbocycles. The van der Waals surface area contributed by atoms with Gasteiger partial charge < -0.3 is 10.0 Å². The number of rotatable bonds is 5. The Balaban J connectivity index is 2.48. The lowest BCUT2D eigenvalue weighted by Crippen LogP contribution is -2.45. The van der Waals surface area contributed by atoms with Gasteiger partial charge in [-0.25, -0.2) is 8.42 Å². The molecular formula is C11H21NO4S. The summed E-state index contributed by atoms with van der Waals surface area (Å²) in [6, 6.07) is 0. The number of sulfone groups is 1. The Morgan fingerprint density at radius 1 is 1.35 bits per heavy atom. The van der Waals surface area contributed by atoms with Crippen LogP contribution in [-0.4, -0.2) is 56.0 Å². The third kappa shape index (κ3) is 3.96. The van der Waals surface area contributed by atoms with Gasteiger partial charge >= 0.3 is 5.97 Å². The molecule has 0 unspecified atom stereocenters. The van der Waals surface area contributed by atoms with Crippen LogP contribution in [0, 0.1) is 5.41 Å². The summed E-state index contributed by atoms with van der Waals surface area (Å²) in [5.74, 6) is -0.568. The molecule has 5 nitrogen and oxygen atoms in total. The molecule has 1 aliphatic heterocycles. The fraction of sp³-hybridized carbons (Fsp3) is 0.909. The first-order valence-corrected chi connectivity index (χ1v) is 7.98. The van der Waals surface area contributed by atoms with E-state index in [1.165, 1.54) is 6.26 Å². The largest absolute Gasteiger partial charge is 0.481 e. The van der Waals surface area contributed by atoms with Crippen LogP contribution >= 0.6 is 0 Å². The number of carboxylic acids is 1. The van der Waals surface area contributed by atoms with Crippen molar-refractivity contribution in [2.75, 3.05) is 31.6 Å². The Kier molecular flexibility index (Phi) is 4.55. The predicted octanol–water partition coefficient (Wildman–Crippen LogP) is 0.608. The molecule has 0 bridgehead atoms. The molecule has 0 saturated carbocycles. The minimum Gasteiger partial charge on any atom is -0.481 e. The van der Waals surface area contributed by atoms with Crippen LogP contribution in [0.15, 0.2) is 0 Å². The number of likely N-dealkylation sites (tertiary alicyclic amines) is 1. The van der Waals surface area contributed by atoms with Crippen molar-refractivity contribution in [3.05, 3.63) is 0 Å². The number of carboxylic acid groups (broad SMARTS) is 1. The Hall–Kier alpha value is -0.620. The van der Waals surface area contributed by atoms with Crippen molar-refractivity contribution in [1.29, 1.82) is 0 Å². The van der Waals surface area contributed by atoms with Crippen molar-refractivity contribution >= 4 is 15.8 Å². The van der Waals surface area contributed by atoms with Crippen LogP contribution in [0.2, 0.25) is 0 Å². The van der Waals surface area contributed by atoms with Gasteiger partial charge in [-0.3, -0.25) is 4.79 Å². The van der Waals surface area contributed by atoms with Crippen molar-refractivity contribution in [2.45, 2.75) is 26.2 Å². The molecule has 1 heterocycles. The van der Waals surface area contributed by atoms with Gasteiger partial charge in [0, 0.05) is 12.8 Å². The van der Waals surface area contributed by atoms with Crippen LogP contribution in [0.5, 0.6) is 0 Å². The van der Waals surface area contributed by atoms with Crippen LogP contribution in [0.3, 0.4) is 0 Å². The first kappa shape index (κ1) is 14.4. The summed E-state index contributed by atoms with van der Waals surface area (Å²) >= 11 is 0. The fourth-order valence-corrected chi connectivity index (χ4v) is 2.81. The van der Waals surface area contributed by atoms with Gasteiger partial charge in [-0.1, -0.05) is 6.92 Å². The number of piperidine rings is 1. The topological polar surface area (TPSA) is 74.7 Å². The van der Waals surface area contributed by atoms with Crippen molar-refractivity contribution in [3.63, 3.8) is 0 Å². The molecule has 0 atom stereocenters. The van der Waals surface area contributed by atoms with Crippen LogP contribution < -0.4 is 0 Å². The van der Waals surface area contributed by atoms with E-state index in [2.05, 4.69) is 0 Å². The summed E-state index contributed by atoms with van der Waals surface area (Å²) in [4.78, 5) is 13.3. The summed E-state index contributed by atoms with van der Waals surface area (Å²) in [7, 11) is -2.93. The maximum absolute atomic E-state index is 11.2. The fourth-order valence-electron chi connectivity index (χ4n) is 2.22. The van der Waals surface area contributed by atoms with Crippen molar-refractivity contribution in [2.24, 2.45) is 5.41 Å². The average Bonchev–Trinajstić information content (AvgIpc) is 2.26. The molecule has 1 N–H and O–H groups in total. The first-order chi connectivity index (χ1) is 7.79. The SMILES string of the molecule is CCC1(C(=O)O)CCN(CCS(C)(=O)=O)CC1. The molecule has 0 aromatic rings. The van der Waals surface area contributed by atoms with E-state index in [0.717, 1.165) is 0 Å². The maximum Gasteiger partial charge on any atom is 0.309 e. The van der Waals surface area contributed by atoms with E-state index in [4.69, 9.17) is 0 Å². The molecule has 1 saturated heterocycles. The van der Waals surface area contributed by atoms with Gasteiger partial charge in [-0.2, -0.15) is 0 Å². The lowest BCUT2D eigenvalue weighted by Gasteiger charge is -2.38. The van der Waals surface area contributed by atoms with E-state index >= 15 is 0 Å². The third-order valence-corrected chi connectivity index (χ3v) is 4.65. The second-order valence-electron chi connectivity index (χ2n) is 4.91. The smallest absolute Gasteiger partial charge is 0.309 e. The highest BCUT2D eigenvalue weighted by Crippen LogP contribution is 2.34. The minimum absolute atomic E-state index is 0.152. The van der Waals surface area contributed by atoms with E-state index in [-0.39, 0.29) is 5.75 Å². The Bertz CT molecular complexity index is 369. The number of aliphatic carboxylic acids is 1. The van der Waals surface area contributed by atoms with Crippen molar-refractivity contribution in [3.8, 4) is 0 Å². The second-order valence-corrected chi connectivity index (χ2v) is 7.17. The van der Waals surface area contributed by atoms with Crippen molar-refractivity contribution < 1.29 is 18.3 Å². The molecule has 0 aromatic carbocycles. The van der Waals surface area contributed by atoms with Crippen molar-refractivity contribution in [1.82, 2.24) is 4.90 Å². The highest BCUT2D eigenvalue weighted by atomic mass is 32.2. The zero-order valence-corrected chi connectivity index (χ0v) is 11.3. The Morgan fingerprint density at radius 3 is 2.24 bits per heavy atom. The van der Waals surface area contributed by atoms with Gasteiger partial charge in [0.15, 0.2) is 0 Å². The number of nitrogens with zero attached hydrogens (tertiary/aromatic N) is 1. The molecule has 1 fully saturated rings. The molecule has 0 aromatic heterocycles.